The van der Waals surface area contributed by atoms with Crippen molar-refractivity contribution in [3.63, 3.8) is 0 Å². The van der Waals surface area contributed by atoms with Crippen LogP contribution in [0.3, 0.4) is 0 Å². The molecule has 0 aromatic carbocycles. The third kappa shape index (κ3) is 4.36. The van der Waals surface area contributed by atoms with Gasteiger partial charge in [0, 0.05) is 12.0 Å². The van der Waals surface area contributed by atoms with Gasteiger partial charge < -0.3 is 34.9 Å². The molecule has 0 radical (unpaired) electrons. The number of ether oxygens (including phenoxy) is 1. The fourth-order valence-corrected chi connectivity index (χ4v) is 1.81. The maximum absolute atomic E-state index is 10.8. The normalized spacial score (nSPS) is 29.7. The number of aliphatic carboxylic acids is 1. The van der Waals surface area contributed by atoms with E-state index in [9.17, 15) is 19.6 Å². The summed E-state index contributed by atoms with van der Waals surface area (Å²) in [6.07, 6.45) is -3.31. The van der Waals surface area contributed by atoms with Crippen molar-refractivity contribution in [2.24, 2.45) is 0 Å². The molecule has 0 aromatic rings. The second kappa shape index (κ2) is 6.10. The molecule has 1 rings (SSSR count). The molecular formula is C9H15O9P. The fourth-order valence-electron chi connectivity index (χ4n) is 1.53. The number of aliphatic hydroxyl groups is 3. The van der Waals surface area contributed by atoms with Gasteiger partial charge in [0.2, 0.25) is 0 Å². The average molecular weight is 298 g/mol. The molecule has 1 aliphatic rings. The summed E-state index contributed by atoms with van der Waals surface area (Å²) in [4.78, 5) is 28.0. The molecule has 110 valence electrons. The van der Waals surface area contributed by atoms with E-state index in [2.05, 4.69) is 0 Å². The summed E-state index contributed by atoms with van der Waals surface area (Å²) in [6.45, 7) is -0.803. The Morgan fingerprint density at radius 1 is 1.47 bits per heavy atom. The molecule has 0 aliphatic heterocycles. The topological polar surface area (TPSA) is 165 Å². The summed E-state index contributed by atoms with van der Waals surface area (Å²) in [5, 5.41) is 36.9. The van der Waals surface area contributed by atoms with E-state index in [1.807, 2.05) is 0 Å². The Balaban J connectivity index is 2.72. The summed E-state index contributed by atoms with van der Waals surface area (Å²) < 4.78 is 15.5. The SMILES string of the molecule is O=C(O)C1=C[C@H](OCC(O)P(=O)(O)O)[C@H](O)[C@H](O)C1. The van der Waals surface area contributed by atoms with E-state index in [1.165, 1.54) is 0 Å². The standard InChI is InChI=1S/C9H15O9P/c10-5-1-4(9(13)14)2-6(8(5)12)18-3-7(11)19(15,16)17/h2,5-8,10-12H,1,3H2,(H,13,14)(H2,15,16,17)/t5-,6+,7?,8-/m1/s1. The highest BCUT2D eigenvalue weighted by atomic mass is 31.2. The lowest BCUT2D eigenvalue weighted by Crippen LogP contribution is -2.43. The zero-order valence-electron chi connectivity index (χ0n) is 9.66. The first-order chi connectivity index (χ1) is 8.62. The minimum absolute atomic E-state index is 0.187. The van der Waals surface area contributed by atoms with Gasteiger partial charge in [-0.25, -0.2) is 4.79 Å². The average Bonchev–Trinajstić information content (AvgIpc) is 2.28. The highest BCUT2D eigenvalue weighted by Gasteiger charge is 2.35. The van der Waals surface area contributed by atoms with Gasteiger partial charge in [-0.05, 0) is 6.08 Å². The van der Waals surface area contributed by atoms with Crippen LogP contribution in [0.1, 0.15) is 6.42 Å². The maximum Gasteiger partial charge on any atom is 0.356 e. The molecule has 1 unspecified atom stereocenters. The highest BCUT2D eigenvalue weighted by molar-refractivity contribution is 7.52. The van der Waals surface area contributed by atoms with Crippen LogP contribution in [0, 0.1) is 0 Å². The molecule has 0 amide bonds. The van der Waals surface area contributed by atoms with Crippen molar-refractivity contribution in [1.29, 1.82) is 0 Å². The van der Waals surface area contributed by atoms with Gasteiger partial charge in [0.05, 0.1) is 12.7 Å². The lowest BCUT2D eigenvalue weighted by atomic mass is 9.92. The van der Waals surface area contributed by atoms with Gasteiger partial charge in [-0.2, -0.15) is 0 Å². The Morgan fingerprint density at radius 3 is 2.53 bits per heavy atom. The maximum atomic E-state index is 10.8. The van der Waals surface area contributed by atoms with E-state index in [0.717, 1.165) is 6.08 Å². The van der Waals surface area contributed by atoms with Gasteiger partial charge >= 0.3 is 13.6 Å². The zero-order valence-corrected chi connectivity index (χ0v) is 10.6. The van der Waals surface area contributed by atoms with Crippen LogP contribution in [0.25, 0.3) is 0 Å². The largest absolute Gasteiger partial charge is 0.478 e. The number of carboxylic acid groups (broad SMARTS) is 1. The minimum Gasteiger partial charge on any atom is -0.478 e. The van der Waals surface area contributed by atoms with Gasteiger partial charge in [0.25, 0.3) is 0 Å². The van der Waals surface area contributed by atoms with Crippen LogP contribution >= 0.6 is 7.60 Å². The van der Waals surface area contributed by atoms with E-state index in [0.29, 0.717) is 0 Å². The third-order valence-electron chi connectivity index (χ3n) is 2.63. The number of hydrogen-bond donors (Lipinski definition) is 6. The number of rotatable bonds is 5. The van der Waals surface area contributed by atoms with Gasteiger partial charge in [0.15, 0.2) is 5.85 Å². The van der Waals surface area contributed by atoms with E-state index in [4.69, 9.17) is 24.7 Å². The van der Waals surface area contributed by atoms with Gasteiger partial charge in [-0.15, -0.1) is 0 Å². The molecule has 0 aromatic heterocycles. The number of carbonyl (C=O) groups is 1. The third-order valence-corrected chi connectivity index (χ3v) is 3.55. The van der Waals surface area contributed by atoms with Crippen LogP contribution in [-0.4, -0.2) is 66.9 Å². The molecule has 0 heterocycles. The van der Waals surface area contributed by atoms with Crippen molar-refractivity contribution in [2.45, 2.75) is 30.6 Å². The van der Waals surface area contributed by atoms with Crippen LogP contribution in [0.4, 0.5) is 0 Å². The number of carboxylic acids is 1. The Hall–Kier alpha value is -0.800. The number of aliphatic hydroxyl groups excluding tert-OH is 3. The smallest absolute Gasteiger partial charge is 0.356 e. The summed E-state index contributed by atoms with van der Waals surface area (Å²) in [5.74, 6) is -3.38. The molecule has 0 spiro atoms. The Labute approximate surface area is 107 Å². The first-order valence-corrected chi connectivity index (χ1v) is 6.96. The molecule has 0 saturated heterocycles. The first-order valence-electron chi connectivity index (χ1n) is 5.28. The summed E-state index contributed by atoms with van der Waals surface area (Å²) in [6, 6.07) is 0. The van der Waals surface area contributed by atoms with Gasteiger partial charge in [0.1, 0.15) is 12.2 Å². The van der Waals surface area contributed by atoms with Crippen LogP contribution < -0.4 is 0 Å². The van der Waals surface area contributed by atoms with Crippen molar-refractivity contribution in [2.75, 3.05) is 6.61 Å². The van der Waals surface area contributed by atoms with E-state index in [-0.39, 0.29) is 12.0 Å². The second-order valence-corrected chi connectivity index (χ2v) is 5.90. The monoisotopic (exact) mass is 298 g/mol. The van der Waals surface area contributed by atoms with Crippen LogP contribution in [0.5, 0.6) is 0 Å². The molecule has 1 aliphatic carbocycles. The summed E-state index contributed by atoms with van der Waals surface area (Å²) in [5.41, 5.74) is -0.187. The van der Waals surface area contributed by atoms with E-state index in [1.54, 1.807) is 0 Å². The molecule has 6 N–H and O–H groups in total. The van der Waals surface area contributed by atoms with E-state index < -0.39 is 44.3 Å². The second-order valence-electron chi connectivity index (χ2n) is 4.13. The Bertz CT molecular complexity index is 414. The van der Waals surface area contributed by atoms with Gasteiger partial charge in [-0.3, -0.25) is 4.57 Å². The molecule has 0 fully saturated rings. The van der Waals surface area contributed by atoms with Crippen molar-refractivity contribution in [1.82, 2.24) is 0 Å². The van der Waals surface area contributed by atoms with Crippen molar-refractivity contribution >= 4 is 13.6 Å². The first kappa shape index (κ1) is 16.3. The molecule has 0 bridgehead atoms. The lowest BCUT2D eigenvalue weighted by Gasteiger charge is -2.30. The Kier molecular flexibility index (Phi) is 5.22. The molecular weight excluding hydrogens is 283 g/mol. The summed E-state index contributed by atoms with van der Waals surface area (Å²) >= 11 is 0. The predicted octanol–water partition coefficient (Wildman–Crippen LogP) is -2.00. The fraction of sp³-hybridized carbons (Fsp3) is 0.667. The number of hydrogen-bond acceptors (Lipinski definition) is 6. The molecule has 19 heavy (non-hydrogen) atoms. The molecule has 10 heteroatoms. The van der Waals surface area contributed by atoms with Crippen molar-refractivity contribution < 1.29 is 44.3 Å². The Morgan fingerprint density at radius 2 is 2.05 bits per heavy atom. The lowest BCUT2D eigenvalue weighted by molar-refractivity contribution is -0.135. The van der Waals surface area contributed by atoms with Crippen LogP contribution in [0.2, 0.25) is 0 Å². The van der Waals surface area contributed by atoms with Gasteiger partial charge in [-0.1, -0.05) is 0 Å². The zero-order chi connectivity index (χ0) is 14.8. The molecule has 9 nitrogen and oxygen atoms in total. The minimum atomic E-state index is -4.74. The van der Waals surface area contributed by atoms with Crippen molar-refractivity contribution in [3.8, 4) is 0 Å². The molecule has 4 atom stereocenters. The highest BCUT2D eigenvalue weighted by Crippen LogP contribution is 2.39. The molecule has 0 saturated carbocycles. The van der Waals surface area contributed by atoms with Crippen LogP contribution in [-0.2, 0) is 14.1 Å². The van der Waals surface area contributed by atoms with Crippen molar-refractivity contribution in [3.05, 3.63) is 11.6 Å². The van der Waals surface area contributed by atoms with E-state index >= 15 is 0 Å². The predicted molar refractivity (Wildman–Crippen MR) is 60.1 cm³/mol. The quantitative estimate of drug-likeness (QED) is 0.315. The van der Waals surface area contributed by atoms with Crippen LogP contribution in [0.15, 0.2) is 11.6 Å². The summed E-state index contributed by atoms with van der Waals surface area (Å²) in [7, 11) is -4.74.